The van der Waals surface area contributed by atoms with Gasteiger partial charge in [-0.05, 0) is 19.3 Å². The Kier molecular flexibility index (Phi) is 10.0. The van der Waals surface area contributed by atoms with E-state index < -0.39 is 0 Å². The molecule has 0 unspecified atom stereocenters. The number of rotatable bonds is 11. The lowest BCUT2D eigenvalue weighted by atomic mass is 10.1. The quantitative estimate of drug-likeness (QED) is 0.381. The standard InChI is InChI=1S/C14H31NO/c1-15(2,3)13-11-9-7-5-4-6-8-10-12-14-16/h4-14H2,1-3H3/q+1. The molecule has 0 N–H and O–H groups in total. The van der Waals surface area contributed by atoms with Crippen LogP contribution in [0.15, 0.2) is 0 Å². The smallest absolute Gasteiger partial charge is 0.0822 e. The molecule has 2 nitrogen and oxygen atoms in total. The first kappa shape index (κ1) is 15.9. The summed E-state index contributed by atoms with van der Waals surface area (Å²) in [5.41, 5.74) is 0. The van der Waals surface area contributed by atoms with E-state index in [1.54, 1.807) is 0 Å². The molecule has 0 bridgehead atoms. The maximum Gasteiger partial charge on any atom is 0.0822 e. The van der Waals surface area contributed by atoms with Crippen LogP contribution in [0.4, 0.5) is 0 Å². The molecule has 0 rings (SSSR count). The summed E-state index contributed by atoms with van der Waals surface area (Å²) >= 11 is 0. The van der Waals surface area contributed by atoms with Crippen molar-refractivity contribution in [2.24, 2.45) is 0 Å². The van der Waals surface area contributed by atoms with Crippen LogP contribution in [0.25, 0.3) is 0 Å². The maximum atomic E-state index is 10.2. The Balaban J connectivity index is 2.99. The molecule has 0 aromatic heterocycles. The fourth-order valence-corrected chi connectivity index (χ4v) is 1.93. The van der Waals surface area contributed by atoms with Gasteiger partial charge in [-0.15, -0.1) is 0 Å². The van der Waals surface area contributed by atoms with E-state index in [0.717, 1.165) is 17.3 Å². The fourth-order valence-electron chi connectivity index (χ4n) is 1.93. The Labute approximate surface area is 102 Å². The van der Waals surface area contributed by atoms with Crippen LogP contribution in [-0.4, -0.2) is 38.8 Å². The van der Waals surface area contributed by atoms with Crippen LogP contribution in [0.3, 0.4) is 0 Å². The van der Waals surface area contributed by atoms with Crippen molar-refractivity contribution in [3.05, 3.63) is 0 Å². The third kappa shape index (κ3) is 13.9. The van der Waals surface area contributed by atoms with Gasteiger partial charge in [0, 0.05) is 0 Å². The van der Waals surface area contributed by atoms with Crippen LogP contribution in [0.1, 0.15) is 57.8 Å². The van der Waals surface area contributed by atoms with Crippen molar-refractivity contribution in [2.45, 2.75) is 57.8 Å². The summed E-state index contributed by atoms with van der Waals surface area (Å²) in [5.74, 6) is 0. The Morgan fingerprint density at radius 1 is 0.625 bits per heavy atom. The SMILES string of the molecule is C[N+](C)(C)CCCCCCCCCCC[O]. The summed E-state index contributed by atoms with van der Waals surface area (Å²) in [4.78, 5) is 0. The minimum absolute atomic E-state index is 0.116. The van der Waals surface area contributed by atoms with Gasteiger partial charge in [-0.2, -0.15) is 0 Å². The van der Waals surface area contributed by atoms with Gasteiger partial charge in [-0.25, -0.2) is 5.11 Å². The minimum Gasteiger partial charge on any atom is -0.331 e. The van der Waals surface area contributed by atoms with E-state index in [2.05, 4.69) is 21.1 Å². The van der Waals surface area contributed by atoms with E-state index >= 15 is 0 Å². The second-order valence-electron chi connectivity index (χ2n) is 5.90. The lowest BCUT2D eigenvalue weighted by Crippen LogP contribution is -2.35. The molecule has 0 saturated carbocycles. The van der Waals surface area contributed by atoms with Crippen LogP contribution < -0.4 is 0 Å². The summed E-state index contributed by atoms with van der Waals surface area (Å²) in [6.45, 7) is 1.41. The second kappa shape index (κ2) is 10.1. The van der Waals surface area contributed by atoms with Gasteiger partial charge in [-0.3, -0.25) is 0 Å². The molecule has 0 aromatic carbocycles. The number of nitrogens with zero attached hydrogens (tertiary/aromatic N) is 1. The average Bonchev–Trinajstić information content (AvgIpc) is 2.19. The van der Waals surface area contributed by atoms with Gasteiger partial charge in [0.1, 0.15) is 0 Å². The van der Waals surface area contributed by atoms with Gasteiger partial charge in [0.25, 0.3) is 0 Å². The van der Waals surface area contributed by atoms with Gasteiger partial charge in [0.15, 0.2) is 0 Å². The zero-order valence-electron chi connectivity index (χ0n) is 11.6. The summed E-state index contributed by atoms with van der Waals surface area (Å²) < 4.78 is 1.09. The Morgan fingerprint density at radius 3 is 1.38 bits per heavy atom. The van der Waals surface area contributed by atoms with Crippen LogP contribution in [-0.2, 0) is 5.11 Å². The number of unbranched alkanes of at least 4 members (excludes halogenated alkanes) is 8. The highest BCUT2D eigenvalue weighted by molar-refractivity contribution is 4.47. The first-order valence-corrected chi connectivity index (χ1v) is 6.95. The zero-order chi connectivity index (χ0) is 12.3. The first-order valence-electron chi connectivity index (χ1n) is 6.95. The topological polar surface area (TPSA) is 19.9 Å². The van der Waals surface area contributed by atoms with Gasteiger partial charge < -0.3 is 4.48 Å². The van der Waals surface area contributed by atoms with Gasteiger partial charge in [0.05, 0.1) is 34.3 Å². The Hall–Kier alpha value is -0.0800. The third-order valence-electron chi connectivity index (χ3n) is 2.97. The molecule has 2 heteroatoms. The predicted molar refractivity (Wildman–Crippen MR) is 70.0 cm³/mol. The molecule has 0 heterocycles. The first-order chi connectivity index (χ1) is 7.56. The molecule has 0 aromatic rings. The van der Waals surface area contributed by atoms with E-state index in [1.807, 2.05) is 0 Å². The van der Waals surface area contributed by atoms with E-state index in [4.69, 9.17) is 0 Å². The lowest BCUT2D eigenvalue weighted by molar-refractivity contribution is -0.870. The van der Waals surface area contributed by atoms with Gasteiger partial charge in [-0.1, -0.05) is 38.5 Å². The van der Waals surface area contributed by atoms with Gasteiger partial charge >= 0.3 is 0 Å². The molecule has 0 amide bonds. The molecule has 0 atom stereocenters. The minimum atomic E-state index is 0.116. The highest BCUT2D eigenvalue weighted by Crippen LogP contribution is 2.10. The molecule has 0 aliphatic carbocycles. The molecular weight excluding hydrogens is 198 g/mol. The highest BCUT2D eigenvalue weighted by atomic mass is 16.2. The largest absolute Gasteiger partial charge is 0.331 e. The van der Waals surface area contributed by atoms with E-state index in [9.17, 15) is 5.11 Å². The van der Waals surface area contributed by atoms with Crippen molar-refractivity contribution in [3.8, 4) is 0 Å². The molecule has 1 radical (unpaired) electrons. The Morgan fingerprint density at radius 2 is 1.00 bits per heavy atom. The van der Waals surface area contributed by atoms with Crippen molar-refractivity contribution in [1.29, 1.82) is 0 Å². The molecule has 97 valence electrons. The monoisotopic (exact) mass is 229 g/mol. The summed E-state index contributed by atoms with van der Waals surface area (Å²) in [6, 6.07) is 0. The van der Waals surface area contributed by atoms with E-state index in [0.29, 0.717) is 0 Å². The van der Waals surface area contributed by atoms with E-state index in [1.165, 1.54) is 51.5 Å². The summed E-state index contributed by atoms with van der Waals surface area (Å²) in [7, 11) is 6.78. The Bertz CT molecular complexity index is 140. The van der Waals surface area contributed by atoms with Gasteiger partial charge in [0.2, 0.25) is 0 Å². The number of hydrogen-bond donors (Lipinski definition) is 0. The summed E-state index contributed by atoms with van der Waals surface area (Å²) in [5, 5.41) is 10.2. The van der Waals surface area contributed by atoms with E-state index in [-0.39, 0.29) is 6.61 Å². The van der Waals surface area contributed by atoms with Crippen LogP contribution in [0, 0.1) is 0 Å². The molecular formula is C14H31NO+. The van der Waals surface area contributed by atoms with Crippen molar-refractivity contribution in [1.82, 2.24) is 0 Å². The molecule has 0 spiro atoms. The average molecular weight is 229 g/mol. The van der Waals surface area contributed by atoms with Crippen LogP contribution >= 0.6 is 0 Å². The fraction of sp³-hybridized carbons (Fsp3) is 1.00. The molecule has 16 heavy (non-hydrogen) atoms. The van der Waals surface area contributed by atoms with Crippen molar-refractivity contribution in [2.75, 3.05) is 34.3 Å². The number of hydrogen-bond acceptors (Lipinski definition) is 0. The predicted octanol–water partition coefficient (Wildman–Crippen LogP) is 3.63. The highest BCUT2D eigenvalue weighted by Gasteiger charge is 2.04. The zero-order valence-corrected chi connectivity index (χ0v) is 11.6. The number of quaternary nitrogens is 1. The maximum absolute atomic E-state index is 10.2. The third-order valence-corrected chi connectivity index (χ3v) is 2.97. The molecule has 0 saturated heterocycles. The lowest BCUT2D eigenvalue weighted by Gasteiger charge is -2.23. The van der Waals surface area contributed by atoms with Crippen molar-refractivity contribution < 1.29 is 9.59 Å². The molecule has 0 fully saturated rings. The van der Waals surface area contributed by atoms with Crippen molar-refractivity contribution in [3.63, 3.8) is 0 Å². The summed E-state index contributed by atoms with van der Waals surface area (Å²) in [6.07, 6.45) is 11.5. The molecule has 0 aliphatic heterocycles. The van der Waals surface area contributed by atoms with Crippen molar-refractivity contribution >= 4 is 0 Å². The second-order valence-corrected chi connectivity index (χ2v) is 5.90. The van der Waals surface area contributed by atoms with Crippen LogP contribution in [0.5, 0.6) is 0 Å². The molecule has 0 aliphatic rings. The normalized spacial score (nSPS) is 12.0. The van der Waals surface area contributed by atoms with Crippen LogP contribution in [0.2, 0.25) is 0 Å².